The number of rotatable bonds is 6. The second-order valence-electron chi connectivity index (χ2n) is 3.65. The summed E-state index contributed by atoms with van der Waals surface area (Å²) in [6, 6.07) is 7.53. The van der Waals surface area contributed by atoms with Crippen LogP contribution in [0.25, 0.3) is 0 Å². The van der Waals surface area contributed by atoms with Crippen LogP contribution in [0.1, 0.15) is 24.4 Å². The molecule has 0 heterocycles. The first kappa shape index (κ1) is 14.7. The van der Waals surface area contributed by atoms with Gasteiger partial charge in [0.05, 0.1) is 7.11 Å². The molecule has 0 N–H and O–H groups in total. The Balaban J connectivity index is 2.82. The van der Waals surface area contributed by atoms with Crippen LogP contribution in [0, 0.1) is 0 Å². The molecule has 0 fully saturated rings. The molecule has 5 heteroatoms. The normalized spacial score (nSPS) is 13.4. The van der Waals surface area contributed by atoms with Crippen LogP contribution in [0.15, 0.2) is 24.3 Å². The maximum Gasteiger partial charge on any atom is 0.204 e. The highest BCUT2D eigenvalue weighted by molar-refractivity contribution is 9.09. The molecule has 0 amide bonds. The van der Waals surface area contributed by atoms with Gasteiger partial charge in [0.15, 0.2) is 0 Å². The maximum absolute atomic E-state index is 12.2. The van der Waals surface area contributed by atoms with Gasteiger partial charge in [-0.1, -0.05) is 41.9 Å². The molecule has 1 rings (SSSR count). The highest BCUT2D eigenvalue weighted by atomic mass is 79.9. The zero-order chi connectivity index (χ0) is 12.9. The van der Waals surface area contributed by atoms with Gasteiger partial charge in [-0.15, -0.1) is 0 Å². The minimum Gasteiger partial charge on any atom is -0.497 e. The van der Waals surface area contributed by atoms with E-state index in [0.717, 1.165) is 11.3 Å². The molecule has 0 bridgehead atoms. The summed E-state index contributed by atoms with van der Waals surface area (Å²) in [6.45, 7) is 3.77. The standard InChI is InChI=1S/C12H18BrO3P/c1-4-17(14,5-2)16-12(13)10-7-6-8-11(9-10)15-3/h6-9,12H,4-5H2,1-3H3. The van der Waals surface area contributed by atoms with Crippen molar-refractivity contribution in [1.82, 2.24) is 0 Å². The molecule has 1 unspecified atom stereocenters. The van der Waals surface area contributed by atoms with E-state index >= 15 is 0 Å². The Morgan fingerprint density at radius 1 is 1.35 bits per heavy atom. The maximum atomic E-state index is 12.2. The Bertz CT molecular complexity index is 400. The lowest BCUT2D eigenvalue weighted by atomic mass is 10.2. The average Bonchev–Trinajstić information content (AvgIpc) is 2.38. The van der Waals surface area contributed by atoms with Crippen molar-refractivity contribution in [2.24, 2.45) is 0 Å². The molecule has 0 spiro atoms. The predicted molar refractivity (Wildman–Crippen MR) is 74.4 cm³/mol. The van der Waals surface area contributed by atoms with E-state index in [1.54, 1.807) is 7.11 Å². The van der Waals surface area contributed by atoms with E-state index in [4.69, 9.17) is 9.26 Å². The topological polar surface area (TPSA) is 35.5 Å². The van der Waals surface area contributed by atoms with Gasteiger partial charge in [0.2, 0.25) is 7.37 Å². The van der Waals surface area contributed by atoms with E-state index in [0.29, 0.717) is 12.3 Å². The van der Waals surface area contributed by atoms with Crippen LogP contribution in [0.5, 0.6) is 5.75 Å². The Hall–Kier alpha value is -0.310. The molecule has 1 atom stereocenters. The lowest BCUT2D eigenvalue weighted by molar-refractivity contribution is 0.299. The highest BCUT2D eigenvalue weighted by Gasteiger charge is 2.23. The number of halogens is 1. The van der Waals surface area contributed by atoms with Crippen molar-refractivity contribution in [3.05, 3.63) is 29.8 Å². The van der Waals surface area contributed by atoms with Gasteiger partial charge in [0, 0.05) is 12.3 Å². The highest BCUT2D eigenvalue weighted by Crippen LogP contribution is 2.51. The SMILES string of the molecule is CCP(=O)(CC)OC(Br)c1cccc(OC)c1. The van der Waals surface area contributed by atoms with Crippen molar-refractivity contribution < 1.29 is 13.8 Å². The Kier molecular flexibility index (Phi) is 5.71. The van der Waals surface area contributed by atoms with Crippen LogP contribution in [0.4, 0.5) is 0 Å². The summed E-state index contributed by atoms with van der Waals surface area (Å²) in [7, 11) is -0.897. The largest absolute Gasteiger partial charge is 0.497 e. The molecule has 0 saturated heterocycles. The third kappa shape index (κ3) is 4.13. The van der Waals surface area contributed by atoms with Gasteiger partial charge in [0.25, 0.3) is 0 Å². The molecular formula is C12H18BrO3P. The molecule has 0 saturated carbocycles. The summed E-state index contributed by atoms with van der Waals surface area (Å²) in [5.41, 5.74) is 0.909. The van der Waals surface area contributed by atoms with Gasteiger partial charge in [-0.3, -0.25) is 4.57 Å². The van der Waals surface area contributed by atoms with E-state index < -0.39 is 7.37 Å². The summed E-state index contributed by atoms with van der Waals surface area (Å²) in [6.07, 6.45) is 1.10. The molecule has 0 aliphatic rings. The predicted octanol–water partition coefficient (Wildman–Crippen LogP) is 4.42. The first-order valence-corrected chi connectivity index (χ1v) is 8.50. The second-order valence-corrected chi connectivity index (χ2v) is 7.58. The molecule has 17 heavy (non-hydrogen) atoms. The van der Waals surface area contributed by atoms with Gasteiger partial charge in [-0.25, -0.2) is 0 Å². The Labute approximate surface area is 111 Å². The van der Waals surface area contributed by atoms with E-state index in [9.17, 15) is 4.57 Å². The summed E-state index contributed by atoms with van der Waals surface area (Å²) < 4.78 is 23.0. The van der Waals surface area contributed by atoms with Gasteiger partial charge in [-0.05, 0) is 17.7 Å². The minimum atomic E-state index is -2.51. The van der Waals surface area contributed by atoms with Crippen LogP contribution in [-0.2, 0) is 9.09 Å². The third-order valence-corrected chi connectivity index (χ3v) is 6.13. The van der Waals surface area contributed by atoms with E-state index in [1.807, 2.05) is 38.1 Å². The minimum absolute atomic E-state index is 0.358. The summed E-state index contributed by atoms with van der Waals surface area (Å²) >= 11 is 3.42. The number of methoxy groups -OCH3 is 1. The zero-order valence-corrected chi connectivity index (χ0v) is 12.8. The van der Waals surface area contributed by atoms with Gasteiger partial charge in [-0.2, -0.15) is 0 Å². The van der Waals surface area contributed by atoms with Crippen LogP contribution in [0.2, 0.25) is 0 Å². The number of hydrogen-bond acceptors (Lipinski definition) is 3. The van der Waals surface area contributed by atoms with Gasteiger partial charge >= 0.3 is 0 Å². The van der Waals surface area contributed by atoms with Crippen molar-refractivity contribution in [2.75, 3.05) is 19.4 Å². The van der Waals surface area contributed by atoms with Crippen molar-refractivity contribution in [2.45, 2.75) is 18.9 Å². The number of benzene rings is 1. The molecule has 3 nitrogen and oxygen atoms in total. The second kappa shape index (κ2) is 6.58. The van der Waals surface area contributed by atoms with E-state index in [2.05, 4.69) is 15.9 Å². The molecule has 0 aliphatic heterocycles. The molecule has 1 aromatic rings. The number of ether oxygens (including phenoxy) is 1. The van der Waals surface area contributed by atoms with Crippen molar-refractivity contribution in [1.29, 1.82) is 0 Å². The molecule has 1 aromatic carbocycles. The number of alkyl halides is 1. The van der Waals surface area contributed by atoms with Crippen LogP contribution >= 0.6 is 23.3 Å². The fraction of sp³-hybridized carbons (Fsp3) is 0.500. The van der Waals surface area contributed by atoms with E-state index in [1.165, 1.54) is 0 Å². The number of hydrogen-bond donors (Lipinski definition) is 0. The summed E-state index contributed by atoms with van der Waals surface area (Å²) in [4.78, 5) is 0. The monoisotopic (exact) mass is 320 g/mol. The summed E-state index contributed by atoms with van der Waals surface area (Å²) in [5.74, 6) is 0.762. The van der Waals surface area contributed by atoms with Crippen LogP contribution < -0.4 is 4.74 Å². The average molecular weight is 321 g/mol. The van der Waals surface area contributed by atoms with Crippen LogP contribution in [0.3, 0.4) is 0 Å². The first-order chi connectivity index (χ1) is 8.04. The Morgan fingerprint density at radius 2 is 2.00 bits per heavy atom. The molecular weight excluding hydrogens is 303 g/mol. The smallest absolute Gasteiger partial charge is 0.204 e. The quantitative estimate of drug-likeness (QED) is 0.574. The zero-order valence-electron chi connectivity index (χ0n) is 10.4. The summed E-state index contributed by atoms with van der Waals surface area (Å²) in [5, 5.41) is -0.358. The Morgan fingerprint density at radius 3 is 2.53 bits per heavy atom. The lowest BCUT2D eigenvalue weighted by Crippen LogP contribution is -2.00. The fourth-order valence-electron chi connectivity index (χ4n) is 1.38. The van der Waals surface area contributed by atoms with Crippen molar-refractivity contribution in [3.8, 4) is 5.75 Å². The van der Waals surface area contributed by atoms with Crippen molar-refractivity contribution in [3.63, 3.8) is 0 Å². The fourth-order valence-corrected chi connectivity index (χ4v) is 3.79. The van der Waals surface area contributed by atoms with Gasteiger partial charge < -0.3 is 9.26 Å². The lowest BCUT2D eigenvalue weighted by Gasteiger charge is -2.19. The van der Waals surface area contributed by atoms with E-state index in [-0.39, 0.29) is 5.01 Å². The first-order valence-electron chi connectivity index (χ1n) is 5.59. The molecule has 0 radical (unpaired) electrons. The van der Waals surface area contributed by atoms with Crippen LogP contribution in [-0.4, -0.2) is 19.4 Å². The molecule has 0 aliphatic carbocycles. The molecule has 96 valence electrons. The van der Waals surface area contributed by atoms with Gasteiger partial charge in [0.1, 0.15) is 10.8 Å². The van der Waals surface area contributed by atoms with Crippen molar-refractivity contribution >= 4 is 23.3 Å². The molecule has 0 aromatic heterocycles. The third-order valence-electron chi connectivity index (χ3n) is 2.60.